The maximum Gasteiger partial charge on any atom is 0.0582 e. The van der Waals surface area contributed by atoms with Crippen LogP contribution in [0.1, 0.15) is 24.8 Å². The second kappa shape index (κ2) is 7.14. The number of ether oxygens (including phenoxy) is 1. The normalized spacial score (nSPS) is 28.9. The van der Waals surface area contributed by atoms with E-state index in [1.807, 2.05) is 11.8 Å². The number of allylic oxidation sites excluding steroid dienone is 3. The third kappa shape index (κ3) is 3.77. The van der Waals surface area contributed by atoms with Crippen molar-refractivity contribution in [1.29, 1.82) is 0 Å². The third-order valence-electron chi connectivity index (χ3n) is 4.04. The Kier molecular flexibility index (Phi) is 4.99. The van der Waals surface area contributed by atoms with Gasteiger partial charge in [0.15, 0.2) is 0 Å². The lowest BCUT2D eigenvalue weighted by Gasteiger charge is -2.26. The third-order valence-corrected chi connectivity index (χ3v) is 5.43. The fourth-order valence-corrected chi connectivity index (χ4v) is 4.15. The fraction of sp³-hybridized carbons (Fsp3) is 0.444. The number of rotatable bonds is 5. The van der Waals surface area contributed by atoms with E-state index in [4.69, 9.17) is 4.74 Å². The Labute approximate surface area is 126 Å². The summed E-state index contributed by atoms with van der Waals surface area (Å²) in [6.45, 7) is 0.957. The predicted octanol–water partition coefficient (Wildman–Crippen LogP) is 4.60. The zero-order valence-electron chi connectivity index (χ0n) is 11.8. The molecule has 20 heavy (non-hydrogen) atoms. The van der Waals surface area contributed by atoms with E-state index in [1.54, 1.807) is 0 Å². The van der Waals surface area contributed by atoms with Gasteiger partial charge in [-0.05, 0) is 30.7 Å². The minimum Gasteiger partial charge on any atom is -0.378 e. The summed E-state index contributed by atoms with van der Waals surface area (Å²) in [6.07, 6.45) is 13.2. The van der Waals surface area contributed by atoms with Crippen molar-refractivity contribution in [2.75, 3.05) is 6.61 Å². The van der Waals surface area contributed by atoms with Crippen LogP contribution in [0.15, 0.2) is 54.6 Å². The highest BCUT2D eigenvalue weighted by Gasteiger charge is 2.25. The predicted molar refractivity (Wildman–Crippen MR) is 86.9 cm³/mol. The van der Waals surface area contributed by atoms with Gasteiger partial charge in [0.2, 0.25) is 0 Å². The lowest BCUT2D eigenvalue weighted by Crippen LogP contribution is -2.21. The first-order chi connectivity index (χ1) is 9.92. The second-order valence-electron chi connectivity index (χ2n) is 5.57. The summed E-state index contributed by atoms with van der Waals surface area (Å²) >= 11 is 2.05. The van der Waals surface area contributed by atoms with Gasteiger partial charge in [-0.15, -0.1) is 11.8 Å². The van der Waals surface area contributed by atoms with Crippen LogP contribution in [-0.4, -0.2) is 18.0 Å². The van der Waals surface area contributed by atoms with Gasteiger partial charge in [-0.25, -0.2) is 0 Å². The molecule has 0 aromatic heterocycles. The van der Waals surface area contributed by atoms with Crippen molar-refractivity contribution < 1.29 is 4.74 Å². The Morgan fingerprint density at radius 2 is 1.95 bits per heavy atom. The molecular weight excluding hydrogens is 264 g/mol. The van der Waals surface area contributed by atoms with Crippen molar-refractivity contribution in [3.63, 3.8) is 0 Å². The molecule has 0 bridgehead atoms. The van der Waals surface area contributed by atoms with E-state index < -0.39 is 0 Å². The van der Waals surface area contributed by atoms with Gasteiger partial charge in [-0.2, -0.15) is 0 Å². The first-order valence-electron chi connectivity index (χ1n) is 7.54. The smallest absolute Gasteiger partial charge is 0.0582 e. The molecule has 0 N–H and O–H groups in total. The SMILES string of the molecule is C1=CC(CC2CCCO2)C(SCc2ccccc2)C=C1. The average Bonchev–Trinajstić information content (AvgIpc) is 3.00. The minimum atomic E-state index is 0.482. The van der Waals surface area contributed by atoms with E-state index in [0.29, 0.717) is 17.3 Å². The summed E-state index contributed by atoms with van der Waals surface area (Å²) in [4.78, 5) is 0. The minimum absolute atomic E-state index is 0.482. The molecule has 106 valence electrons. The van der Waals surface area contributed by atoms with Gasteiger partial charge in [-0.1, -0.05) is 54.6 Å². The lowest BCUT2D eigenvalue weighted by molar-refractivity contribution is 0.0955. The van der Waals surface area contributed by atoms with Crippen LogP contribution >= 0.6 is 11.8 Å². The highest BCUT2D eigenvalue weighted by molar-refractivity contribution is 7.99. The molecular formula is C18H22OS. The van der Waals surface area contributed by atoms with Crippen molar-refractivity contribution in [1.82, 2.24) is 0 Å². The molecule has 1 aliphatic heterocycles. The van der Waals surface area contributed by atoms with Crippen LogP contribution < -0.4 is 0 Å². The van der Waals surface area contributed by atoms with E-state index in [2.05, 4.69) is 54.6 Å². The topological polar surface area (TPSA) is 9.23 Å². The van der Waals surface area contributed by atoms with Gasteiger partial charge in [-0.3, -0.25) is 0 Å². The highest BCUT2D eigenvalue weighted by atomic mass is 32.2. The van der Waals surface area contributed by atoms with E-state index >= 15 is 0 Å². The number of benzene rings is 1. The molecule has 0 amide bonds. The Bertz CT molecular complexity index is 460. The van der Waals surface area contributed by atoms with Crippen molar-refractivity contribution in [3.05, 3.63) is 60.2 Å². The Morgan fingerprint density at radius 1 is 1.10 bits per heavy atom. The standard InChI is InChI=1S/C18H22OS/c1-2-7-15(8-3-1)14-20-18-11-5-4-9-16(18)13-17-10-6-12-19-17/h1-5,7-9,11,16-18H,6,10,12-14H2. The molecule has 0 spiro atoms. The number of thioether (sulfide) groups is 1. The van der Waals surface area contributed by atoms with Crippen LogP contribution in [0.2, 0.25) is 0 Å². The van der Waals surface area contributed by atoms with Crippen molar-refractivity contribution in [2.45, 2.75) is 36.4 Å². The van der Waals surface area contributed by atoms with Gasteiger partial charge in [0.1, 0.15) is 0 Å². The first-order valence-corrected chi connectivity index (χ1v) is 8.59. The van der Waals surface area contributed by atoms with E-state index in [1.165, 1.54) is 24.8 Å². The van der Waals surface area contributed by atoms with E-state index in [0.717, 1.165) is 12.4 Å². The van der Waals surface area contributed by atoms with E-state index in [9.17, 15) is 0 Å². The lowest BCUT2D eigenvalue weighted by atomic mass is 9.93. The molecule has 1 aromatic rings. The van der Waals surface area contributed by atoms with Crippen molar-refractivity contribution in [2.24, 2.45) is 5.92 Å². The Balaban J connectivity index is 1.55. The monoisotopic (exact) mass is 286 g/mol. The van der Waals surface area contributed by atoms with Crippen molar-refractivity contribution in [3.8, 4) is 0 Å². The molecule has 1 aromatic carbocycles. The molecule has 0 radical (unpaired) electrons. The molecule has 3 unspecified atom stereocenters. The van der Waals surface area contributed by atoms with Gasteiger partial charge in [0.25, 0.3) is 0 Å². The molecule has 0 saturated carbocycles. The van der Waals surface area contributed by atoms with Gasteiger partial charge in [0.05, 0.1) is 6.10 Å². The van der Waals surface area contributed by atoms with E-state index in [-0.39, 0.29) is 0 Å². The van der Waals surface area contributed by atoms with Crippen LogP contribution in [0.3, 0.4) is 0 Å². The van der Waals surface area contributed by atoms with Gasteiger partial charge >= 0.3 is 0 Å². The summed E-state index contributed by atoms with van der Waals surface area (Å²) in [7, 11) is 0. The summed E-state index contributed by atoms with van der Waals surface area (Å²) in [6, 6.07) is 10.7. The highest BCUT2D eigenvalue weighted by Crippen LogP contribution is 2.33. The molecule has 1 heterocycles. The van der Waals surface area contributed by atoms with Crippen LogP contribution in [0.5, 0.6) is 0 Å². The van der Waals surface area contributed by atoms with Gasteiger partial charge in [0, 0.05) is 17.6 Å². The zero-order valence-corrected chi connectivity index (χ0v) is 12.6. The van der Waals surface area contributed by atoms with Crippen molar-refractivity contribution >= 4 is 11.8 Å². The molecule has 2 heteroatoms. The first kappa shape index (κ1) is 14.0. The molecule has 1 saturated heterocycles. The zero-order chi connectivity index (χ0) is 13.6. The Hall–Kier alpha value is -0.990. The number of hydrogen-bond donors (Lipinski definition) is 0. The largest absolute Gasteiger partial charge is 0.378 e. The second-order valence-corrected chi connectivity index (χ2v) is 6.73. The van der Waals surface area contributed by atoms with Crippen LogP contribution in [0.25, 0.3) is 0 Å². The summed E-state index contributed by atoms with van der Waals surface area (Å²) in [5, 5.41) is 0.587. The van der Waals surface area contributed by atoms with Crippen LogP contribution in [0, 0.1) is 5.92 Å². The summed E-state index contributed by atoms with van der Waals surface area (Å²) < 4.78 is 5.80. The average molecular weight is 286 g/mol. The fourth-order valence-electron chi connectivity index (χ4n) is 2.93. The van der Waals surface area contributed by atoms with Crippen LogP contribution in [-0.2, 0) is 10.5 Å². The maximum atomic E-state index is 5.80. The summed E-state index contributed by atoms with van der Waals surface area (Å²) in [5.74, 6) is 1.71. The molecule has 1 aliphatic carbocycles. The Morgan fingerprint density at radius 3 is 2.75 bits per heavy atom. The maximum absolute atomic E-state index is 5.80. The molecule has 1 fully saturated rings. The summed E-state index contributed by atoms with van der Waals surface area (Å²) in [5.41, 5.74) is 1.41. The van der Waals surface area contributed by atoms with Gasteiger partial charge < -0.3 is 4.74 Å². The number of hydrogen-bond acceptors (Lipinski definition) is 2. The quantitative estimate of drug-likeness (QED) is 0.782. The molecule has 3 atom stereocenters. The molecule has 3 rings (SSSR count). The molecule has 2 aliphatic rings. The van der Waals surface area contributed by atoms with Crippen LogP contribution in [0.4, 0.5) is 0 Å². The molecule has 1 nitrogen and oxygen atoms in total.